The number of benzene rings is 2. The molecule has 3 aromatic rings. The first-order chi connectivity index (χ1) is 16.5. The number of ether oxygens (including phenoxy) is 5. The van der Waals surface area contributed by atoms with Crippen molar-refractivity contribution < 1.29 is 33.3 Å². The van der Waals surface area contributed by atoms with Crippen molar-refractivity contribution in [3.8, 4) is 23.0 Å². The number of aliphatic imine (C=N–C) groups is 1. The van der Waals surface area contributed by atoms with Crippen molar-refractivity contribution in [2.75, 3.05) is 21.3 Å². The molecule has 1 aliphatic heterocycles. The number of hydrogen-bond acceptors (Lipinski definition) is 9. The first kappa shape index (κ1) is 22.5. The van der Waals surface area contributed by atoms with Crippen LogP contribution in [-0.2, 0) is 9.53 Å². The molecule has 172 valence electrons. The highest BCUT2D eigenvalue weighted by Crippen LogP contribution is 2.31. The molecule has 0 saturated heterocycles. The third-order valence-electron chi connectivity index (χ3n) is 4.81. The molecule has 1 aliphatic rings. The average molecular weight is 460 g/mol. The zero-order chi connectivity index (χ0) is 24.1. The van der Waals surface area contributed by atoms with Gasteiger partial charge in [-0.2, -0.15) is 0 Å². The normalized spacial score (nSPS) is 13.8. The van der Waals surface area contributed by atoms with Crippen LogP contribution in [0, 0.1) is 0 Å². The lowest BCUT2D eigenvalue weighted by Crippen LogP contribution is -2.09. The van der Waals surface area contributed by atoms with Crippen molar-refractivity contribution in [2.45, 2.75) is 0 Å². The summed E-state index contributed by atoms with van der Waals surface area (Å²) in [5.74, 6) is 0.545. The van der Waals surface area contributed by atoms with Crippen LogP contribution >= 0.6 is 0 Å². The van der Waals surface area contributed by atoms with Gasteiger partial charge in [-0.15, -0.1) is 0 Å². The number of carbonyl (C=O) groups is 2. The maximum absolute atomic E-state index is 12.4. The molecule has 0 unspecified atom stereocenters. The lowest BCUT2D eigenvalue weighted by atomic mass is 10.1. The Morgan fingerprint density at radius 3 is 2.35 bits per heavy atom. The fourth-order valence-corrected chi connectivity index (χ4v) is 3.12. The van der Waals surface area contributed by atoms with E-state index < -0.39 is 11.9 Å². The Morgan fingerprint density at radius 1 is 0.941 bits per heavy atom. The highest BCUT2D eigenvalue weighted by atomic mass is 16.6. The number of carbonyl (C=O) groups excluding carboxylic acids is 2. The van der Waals surface area contributed by atoms with Gasteiger partial charge in [0.15, 0.2) is 17.2 Å². The van der Waals surface area contributed by atoms with E-state index in [1.807, 2.05) is 0 Å². The van der Waals surface area contributed by atoms with Gasteiger partial charge in [-0.05, 0) is 48.0 Å². The van der Waals surface area contributed by atoms with E-state index in [4.69, 9.17) is 23.7 Å². The number of aromatic nitrogens is 1. The molecule has 0 saturated carbocycles. The minimum Gasteiger partial charge on any atom is -0.497 e. The Bertz CT molecular complexity index is 1280. The van der Waals surface area contributed by atoms with Crippen molar-refractivity contribution in [1.29, 1.82) is 0 Å². The van der Waals surface area contributed by atoms with Crippen LogP contribution in [0.2, 0.25) is 0 Å². The quantitative estimate of drug-likeness (QED) is 0.299. The molecule has 2 heterocycles. The molecule has 2 aromatic carbocycles. The van der Waals surface area contributed by atoms with E-state index in [0.717, 1.165) is 0 Å². The Balaban J connectivity index is 1.59. The molecule has 0 N–H and O–H groups in total. The second-order valence-corrected chi connectivity index (χ2v) is 6.98. The van der Waals surface area contributed by atoms with E-state index in [-0.39, 0.29) is 17.3 Å². The van der Waals surface area contributed by atoms with Gasteiger partial charge in [-0.3, -0.25) is 4.98 Å². The molecule has 1 aromatic heterocycles. The number of rotatable bonds is 7. The van der Waals surface area contributed by atoms with E-state index in [0.29, 0.717) is 33.9 Å². The van der Waals surface area contributed by atoms with E-state index >= 15 is 0 Å². The van der Waals surface area contributed by atoms with Gasteiger partial charge in [-0.25, -0.2) is 14.6 Å². The summed E-state index contributed by atoms with van der Waals surface area (Å²) in [6.45, 7) is 0. The Hall–Kier alpha value is -4.66. The summed E-state index contributed by atoms with van der Waals surface area (Å²) in [5.41, 5.74) is 1.53. The lowest BCUT2D eigenvalue weighted by molar-refractivity contribution is -0.129. The van der Waals surface area contributed by atoms with Gasteiger partial charge >= 0.3 is 11.9 Å². The van der Waals surface area contributed by atoms with E-state index in [1.165, 1.54) is 27.5 Å². The smallest absolute Gasteiger partial charge is 0.363 e. The molecule has 0 fully saturated rings. The molecular weight excluding hydrogens is 440 g/mol. The number of cyclic esters (lactones) is 1. The van der Waals surface area contributed by atoms with Crippen molar-refractivity contribution >= 4 is 23.9 Å². The van der Waals surface area contributed by atoms with E-state index in [2.05, 4.69) is 9.98 Å². The summed E-state index contributed by atoms with van der Waals surface area (Å²) < 4.78 is 26.6. The van der Waals surface area contributed by atoms with Gasteiger partial charge in [0, 0.05) is 24.0 Å². The topological polar surface area (TPSA) is 106 Å². The van der Waals surface area contributed by atoms with Crippen molar-refractivity contribution in [3.63, 3.8) is 0 Å². The molecule has 0 atom stereocenters. The zero-order valence-electron chi connectivity index (χ0n) is 18.6. The molecule has 0 aliphatic carbocycles. The highest BCUT2D eigenvalue weighted by Gasteiger charge is 2.25. The second-order valence-electron chi connectivity index (χ2n) is 6.98. The molecular formula is C25H20N2O7. The largest absolute Gasteiger partial charge is 0.497 e. The minimum atomic E-state index is -0.608. The van der Waals surface area contributed by atoms with Crippen LogP contribution in [0.5, 0.6) is 23.0 Å². The second kappa shape index (κ2) is 9.86. The van der Waals surface area contributed by atoms with E-state index in [9.17, 15) is 9.59 Å². The fourth-order valence-electron chi connectivity index (χ4n) is 3.12. The number of pyridine rings is 1. The van der Waals surface area contributed by atoms with Crippen molar-refractivity contribution in [2.24, 2.45) is 4.99 Å². The molecule has 9 nitrogen and oxygen atoms in total. The van der Waals surface area contributed by atoms with Crippen LogP contribution in [0.1, 0.15) is 21.5 Å². The first-order valence-electron chi connectivity index (χ1n) is 10.1. The summed E-state index contributed by atoms with van der Waals surface area (Å²) in [5, 5.41) is 0. The molecule has 0 radical (unpaired) electrons. The Kier molecular flexibility index (Phi) is 6.54. The molecule has 0 spiro atoms. The van der Waals surface area contributed by atoms with Gasteiger partial charge in [0.1, 0.15) is 11.5 Å². The lowest BCUT2D eigenvalue weighted by Gasteiger charge is -2.10. The third kappa shape index (κ3) is 4.88. The molecule has 0 bridgehead atoms. The predicted octanol–water partition coefficient (Wildman–Crippen LogP) is 3.67. The fraction of sp³-hybridized carbons (Fsp3) is 0.120. The standard InChI is InChI=1S/C25H20N2O7/c1-30-18-11-17(12-19(13-18)31-2)23-27-20(25(29)34-23)9-15-6-7-21(22(10-15)32-3)33-24(28)16-5-4-8-26-14-16/h4-14H,1-3H3. The molecule has 0 amide bonds. The summed E-state index contributed by atoms with van der Waals surface area (Å²) in [6, 6.07) is 13.2. The van der Waals surface area contributed by atoms with Crippen molar-refractivity contribution in [3.05, 3.63) is 83.3 Å². The first-order valence-corrected chi connectivity index (χ1v) is 10.1. The van der Waals surface area contributed by atoms with Crippen LogP contribution in [0.4, 0.5) is 0 Å². The summed E-state index contributed by atoms with van der Waals surface area (Å²) in [4.78, 5) is 33.0. The Morgan fingerprint density at radius 2 is 1.71 bits per heavy atom. The average Bonchev–Trinajstić information content (AvgIpc) is 3.24. The number of esters is 2. The summed E-state index contributed by atoms with van der Waals surface area (Å²) >= 11 is 0. The molecule has 9 heteroatoms. The highest BCUT2D eigenvalue weighted by molar-refractivity contribution is 6.13. The summed E-state index contributed by atoms with van der Waals surface area (Å²) in [6.07, 6.45) is 4.52. The van der Waals surface area contributed by atoms with Crippen LogP contribution in [0.15, 0.2) is 71.6 Å². The summed E-state index contributed by atoms with van der Waals surface area (Å²) in [7, 11) is 4.50. The van der Waals surface area contributed by atoms with Crippen LogP contribution in [0.3, 0.4) is 0 Å². The van der Waals surface area contributed by atoms with Crippen molar-refractivity contribution in [1.82, 2.24) is 4.98 Å². The predicted molar refractivity (Wildman–Crippen MR) is 122 cm³/mol. The number of hydrogen-bond donors (Lipinski definition) is 0. The monoisotopic (exact) mass is 460 g/mol. The number of nitrogens with zero attached hydrogens (tertiary/aromatic N) is 2. The van der Waals surface area contributed by atoms with Crippen LogP contribution in [0.25, 0.3) is 6.08 Å². The van der Waals surface area contributed by atoms with Gasteiger partial charge in [0.25, 0.3) is 0 Å². The molecule has 4 rings (SSSR count). The van der Waals surface area contributed by atoms with Gasteiger partial charge in [0.2, 0.25) is 5.90 Å². The van der Waals surface area contributed by atoms with Gasteiger partial charge in [0.05, 0.1) is 26.9 Å². The zero-order valence-corrected chi connectivity index (χ0v) is 18.6. The van der Waals surface area contributed by atoms with E-state index in [1.54, 1.807) is 60.8 Å². The maximum Gasteiger partial charge on any atom is 0.363 e. The Labute approximate surface area is 195 Å². The maximum atomic E-state index is 12.4. The minimum absolute atomic E-state index is 0.0962. The van der Waals surface area contributed by atoms with Gasteiger partial charge in [-0.1, -0.05) is 6.07 Å². The SMILES string of the molecule is COc1cc(OC)cc(C2=NC(=Cc3ccc(OC(=O)c4cccnc4)c(OC)c3)C(=O)O2)c1. The molecule has 34 heavy (non-hydrogen) atoms. The number of methoxy groups -OCH3 is 3. The van der Waals surface area contributed by atoms with Crippen LogP contribution in [-0.4, -0.2) is 44.1 Å². The van der Waals surface area contributed by atoms with Crippen LogP contribution < -0.4 is 18.9 Å². The van der Waals surface area contributed by atoms with Gasteiger partial charge < -0.3 is 23.7 Å². The third-order valence-corrected chi connectivity index (χ3v) is 4.81.